The van der Waals surface area contributed by atoms with Crippen molar-refractivity contribution in [3.8, 4) is 0 Å². The lowest BCUT2D eigenvalue weighted by molar-refractivity contribution is 0.578. The molecule has 2 heterocycles. The lowest BCUT2D eigenvalue weighted by atomic mass is 10.3. The fourth-order valence-electron chi connectivity index (χ4n) is 1.36. The molecule has 0 radical (unpaired) electrons. The lowest BCUT2D eigenvalue weighted by Crippen LogP contribution is -2.14. The van der Waals surface area contributed by atoms with Crippen LogP contribution < -0.4 is 16.6 Å². The topological polar surface area (TPSA) is 75.9 Å². The van der Waals surface area contributed by atoms with Crippen LogP contribution in [0.15, 0.2) is 17.6 Å². The first-order valence-corrected chi connectivity index (χ1v) is 6.03. The predicted octanol–water partition coefficient (Wildman–Crippen LogP) is 1.76. The Morgan fingerprint density at radius 1 is 1.28 bits per heavy atom. The van der Waals surface area contributed by atoms with E-state index >= 15 is 0 Å². The van der Waals surface area contributed by atoms with Crippen molar-refractivity contribution in [2.45, 2.75) is 6.42 Å². The Balaban J connectivity index is 2.00. The summed E-state index contributed by atoms with van der Waals surface area (Å²) < 4.78 is 26.5. The minimum atomic E-state index is -0.833. The predicted molar refractivity (Wildman–Crippen MR) is 66.3 cm³/mol. The average Bonchev–Trinajstić information content (AvgIpc) is 2.85. The lowest BCUT2D eigenvalue weighted by Gasteiger charge is -2.08. The molecule has 96 valence electrons. The van der Waals surface area contributed by atoms with Gasteiger partial charge in [-0.2, -0.15) is 0 Å². The van der Waals surface area contributed by atoms with Crippen LogP contribution in [0, 0.1) is 11.6 Å². The van der Waals surface area contributed by atoms with Crippen LogP contribution in [0.2, 0.25) is 0 Å². The minimum absolute atomic E-state index is 0.0408. The molecule has 0 spiro atoms. The van der Waals surface area contributed by atoms with Gasteiger partial charge >= 0.3 is 0 Å². The minimum Gasteiger partial charge on any atom is -0.367 e. The second-order valence-corrected chi connectivity index (χ2v) is 4.38. The van der Waals surface area contributed by atoms with Crippen molar-refractivity contribution in [2.24, 2.45) is 5.84 Å². The molecule has 2 aromatic rings. The smallest absolute Gasteiger partial charge is 0.178 e. The first-order valence-electron chi connectivity index (χ1n) is 5.15. The molecule has 0 bridgehead atoms. The zero-order valence-electron chi connectivity index (χ0n) is 9.28. The summed E-state index contributed by atoms with van der Waals surface area (Å²) in [7, 11) is 0. The summed E-state index contributed by atoms with van der Waals surface area (Å²) in [6.45, 7) is 0.451. The van der Waals surface area contributed by atoms with Gasteiger partial charge in [0, 0.05) is 30.6 Å². The van der Waals surface area contributed by atoms with E-state index in [1.807, 2.05) is 5.38 Å². The Morgan fingerprint density at radius 3 is 2.72 bits per heavy atom. The van der Waals surface area contributed by atoms with Crippen molar-refractivity contribution in [2.75, 3.05) is 17.3 Å². The van der Waals surface area contributed by atoms with Gasteiger partial charge in [0.25, 0.3) is 0 Å². The highest BCUT2D eigenvalue weighted by Gasteiger charge is 2.10. The van der Waals surface area contributed by atoms with E-state index in [-0.39, 0.29) is 11.6 Å². The van der Waals surface area contributed by atoms with E-state index in [0.29, 0.717) is 13.0 Å². The number of hydrogen-bond donors (Lipinski definition) is 3. The molecule has 5 nitrogen and oxygen atoms in total. The Labute approximate surface area is 106 Å². The molecular weight excluding hydrogens is 260 g/mol. The van der Waals surface area contributed by atoms with Crippen molar-refractivity contribution < 1.29 is 8.78 Å². The summed E-state index contributed by atoms with van der Waals surface area (Å²) in [6, 6.07) is 0.730. The normalized spacial score (nSPS) is 10.4. The van der Waals surface area contributed by atoms with Gasteiger partial charge in [0.1, 0.15) is 0 Å². The largest absolute Gasteiger partial charge is 0.367 e. The molecule has 8 heteroatoms. The van der Waals surface area contributed by atoms with Gasteiger partial charge in [-0.05, 0) is 0 Å². The number of nitrogens with two attached hydrogens (primary N) is 1. The molecule has 4 N–H and O–H groups in total. The first kappa shape index (κ1) is 12.7. The Bertz CT molecular complexity index is 517. The number of rotatable bonds is 5. The van der Waals surface area contributed by atoms with Crippen molar-refractivity contribution >= 4 is 23.0 Å². The van der Waals surface area contributed by atoms with E-state index < -0.39 is 11.6 Å². The third kappa shape index (κ3) is 2.90. The van der Waals surface area contributed by atoms with Crippen LogP contribution in [-0.2, 0) is 6.42 Å². The molecule has 0 atom stereocenters. The van der Waals surface area contributed by atoms with Crippen LogP contribution in [-0.4, -0.2) is 16.5 Å². The highest BCUT2D eigenvalue weighted by Crippen LogP contribution is 2.18. The standard InChI is InChI=1S/C10H11F2N5S/c11-6-5-7(12)10(17-13)16-9(6)15-2-1-8-14-3-4-18-8/h3-5H,1-2,13H2,(H2,15,16,17). The first-order chi connectivity index (χ1) is 8.70. The summed E-state index contributed by atoms with van der Waals surface area (Å²) >= 11 is 1.51. The number of nitrogen functional groups attached to an aromatic ring is 1. The fourth-order valence-corrected chi connectivity index (χ4v) is 1.98. The van der Waals surface area contributed by atoms with Crippen molar-refractivity contribution in [3.63, 3.8) is 0 Å². The van der Waals surface area contributed by atoms with Crippen LogP contribution in [0.25, 0.3) is 0 Å². The zero-order chi connectivity index (χ0) is 13.0. The van der Waals surface area contributed by atoms with Gasteiger partial charge in [0.15, 0.2) is 23.3 Å². The number of pyridine rings is 1. The summed E-state index contributed by atoms with van der Waals surface area (Å²) in [5.74, 6) is 3.23. The van der Waals surface area contributed by atoms with Gasteiger partial charge < -0.3 is 10.7 Å². The Morgan fingerprint density at radius 2 is 2.06 bits per heavy atom. The quantitative estimate of drug-likeness (QED) is 0.570. The molecule has 0 saturated carbocycles. The number of thiazole rings is 1. The molecule has 0 fully saturated rings. The number of hydrazine groups is 1. The highest BCUT2D eigenvalue weighted by molar-refractivity contribution is 7.09. The molecule has 0 aliphatic heterocycles. The molecule has 0 amide bonds. The van der Waals surface area contributed by atoms with Crippen LogP contribution in [0.4, 0.5) is 20.4 Å². The van der Waals surface area contributed by atoms with E-state index in [9.17, 15) is 8.78 Å². The molecule has 0 aliphatic carbocycles. The number of hydrogen-bond acceptors (Lipinski definition) is 6. The zero-order valence-corrected chi connectivity index (χ0v) is 10.1. The Kier molecular flexibility index (Phi) is 4.00. The fraction of sp³-hybridized carbons (Fsp3) is 0.200. The summed E-state index contributed by atoms with van der Waals surface area (Å²) in [6.07, 6.45) is 2.34. The molecule has 0 aliphatic rings. The number of nitrogens with one attached hydrogen (secondary N) is 2. The second kappa shape index (κ2) is 5.69. The summed E-state index contributed by atoms with van der Waals surface area (Å²) in [4.78, 5) is 7.78. The molecule has 18 heavy (non-hydrogen) atoms. The van der Waals surface area contributed by atoms with Gasteiger partial charge in [0.2, 0.25) is 0 Å². The maximum absolute atomic E-state index is 13.4. The van der Waals surface area contributed by atoms with Gasteiger partial charge in [-0.3, -0.25) is 0 Å². The van der Waals surface area contributed by atoms with E-state index in [0.717, 1.165) is 11.1 Å². The van der Waals surface area contributed by atoms with Crippen LogP contribution >= 0.6 is 11.3 Å². The molecule has 0 unspecified atom stereocenters. The van der Waals surface area contributed by atoms with Crippen molar-refractivity contribution in [1.82, 2.24) is 9.97 Å². The van der Waals surface area contributed by atoms with Crippen LogP contribution in [0.3, 0.4) is 0 Å². The molecule has 0 aromatic carbocycles. The van der Waals surface area contributed by atoms with Gasteiger partial charge in [-0.25, -0.2) is 24.6 Å². The highest BCUT2D eigenvalue weighted by atomic mass is 32.1. The van der Waals surface area contributed by atoms with E-state index in [2.05, 4.69) is 20.7 Å². The summed E-state index contributed by atoms with van der Waals surface area (Å²) in [5, 5.41) is 5.57. The van der Waals surface area contributed by atoms with E-state index in [4.69, 9.17) is 5.84 Å². The number of halogens is 2. The van der Waals surface area contributed by atoms with Crippen molar-refractivity contribution in [1.29, 1.82) is 0 Å². The summed E-state index contributed by atoms with van der Waals surface area (Å²) in [5.41, 5.74) is 2.06. The molecular formula is C10H11F2N5S. The monoisotopic (exact) mass is 271 g/mol. The number of anilines is 2. The third-order valence-corrected chi connectivity index (χ3v) is 3.02. The van der Waals surface area contributed by atoms with Crippen LogP contribution in [0.1, 0.15) is 5.01 Å². The second-order valence-electron chi connectivity index (χ2n) is 3.40. The molecule has 2 rings (SSSR count). The molecule has 0 saturated heterocycles. The van der Waals surface area contributed by atoms with Gasteiger partial charge in [0.05, 0.1) is 5.01 Å². The molecule has 2 aromatic heterocycles. The average molecular weight is 271 g/mol. The number of nitrogens with zero attached hydrogens (tertiary/aromatic N) is 2. The van der Waals surface area contributed by atoms with Gasteiger partial charge in [-0.15, -0.1) is 11.3 Å². The van der Waals surface area contributed by atoms with Gasteiger partial charge in [-0.1, -0.05) is 0 Å². The maximum atomic E-state index is 13.4. The number of aromatic nitrogens is 2. The van der Waals surface area contributed by atoms with Crippen LogP contribution in [0.5, 0.6) is 0 Å². The van der Waals surface area contributed by atoms with E-state index in [1.165, 1.54) is 11.3 Å². The SMILES string of the molecule is NNc1nc(NCCc2nccs2)c(F)cc1F. The maximum Gasteiger partial charge on any atom is 0.178 e. The third-order valence-electron chi connectivity index (χ3n) is 2.18. The van der Waals surface area contributed by atoms with Crippen molar-refractivity contribution in [3.05, 3.63) is 34.3 Å². The Hall–Kier alpha value is -1.80. The van der Waals surface area contributed by atoms with E-state index in [1.54, 1.807) is 6.20 Å².